The molecule has 0 rings (SSSR count). The fourth-order valence-electron chi connectivity index (χ4n) is 8.48. The second kappa shape index (κ2) is 58.3. The van der Waals surface area contributed by atoms with Gasteiger partial charge in [0.2, 0.25) is 0 Å². The van der Waals surface area contributed by atoms with E-state index >= 15 is 0 Å². The van der Waals surface area contributed by atoms with E-state index < -0.39 is 26.5 Å². The number of unbranched alkanes of at least 4 members (excludes halogenated alkanes) is 25. The van der Waals surface area contributed by atoms with Gasteiger partial charge in [0.15, 0.2) is 6.10 Å². The van der Waals surface area contributed by atoms with Crippen molar-refractivity contribution in [2.45, 2.75) is 264 Å². The quantitative estimate of drug-likeness (QED) is 0.0211. The van der Waals surface area contributed by atoms with Crippen LogP contribution < -0.4 is 0 Å². The van der Waals surface area contributed by atoms with Crippen molar-refractivity contribution >= 4 is 19.8 Å². The summed E-state index contributed by atoms with van der Waals surface area (Å²) in [7, 11) is 1.47. The number of quaternary nitrogens is 1. The highest BCUT2D eigenvalue weighted by molar-refractivity contribution is 7.47. The maximum Gasteiger partial charge on any atom is 0.472 e. The van der Waals surface area contributed by atoms with Gasteiger partial charge >= 0.3 is 19.8 Å². The first-order chi connectivity index (χ1) is 38.0. The highest BCUT2D eigenvalue weighted by Crippen LogP contribution is 2.43. The maximum atomic E-state index is 12.8. The summed E-state index contributed by atoms with van der Waals surface area (Å²) in [5, 5.41) is 0. The second-order valence-corrected chi connectivity index (χ2v) is 23.5. The number of esters is 2. The van der Waals surface area contributed by atoms with Gasteiger partial charge in [-0.3, -0.25) is 18.6 Å². The zero-order valence-electron chi connectivity index (χ0n) is 50.9. The molecule has 0 aliphatic rings. The van der Waals surface area contributed by atoms with Gasteiger partial charge in [0.1, 0.15) is 19.8 Å². The number of carbonyl (C=O) groups excluding carboxylic acids is 2. The molecule has 0 bridgehead atoms. The van der Waals surface area contributed by atoms with Crippen LogP contribution in [0.5, 0.6) is 0 Å². The highest BCUT2D eigenvalue weighted by atomic mass is 31.2. The number of phosphoric acid groups is 1. The molecule has 0 heterocycles. The normalized spacial score (nSPS) is 14.0. The Kier molecular flexibility index (Phi) is 55.8. The van der Waals surface area contributed by atoms with Crippen LogP contribution >= 0.6 is 7.82 Å². The fourth-order valence-corrected chi connectivity index (χ4v) is 9.22. The van der Waals surface area contributed by atoms with Gasteiger partial charge in [0.25, 0.3) is 0 Å². The number of hydrogen-bond acceptors (Lipinski definition) is 7. The van der Waals surface area contributed by atoms with Crippen molar-refractivity contribution in [3.8, 4) is 0 Å². The molecule has 2 unspecified atom stereocenters. The summed E-state index contributed by atoms with van der Waals surface area (Å²) in [6, 6.07) is 0. The Morgan fingerprint density at radius 2 is 0.731 bits per heavy atom. The van der Waals surface area contributed by atoms with Crippen molar-refractivity contribution in [2.24, 2.45) is 0 Å². The standard InChI is InChI=1S/C68H118NO8P/c1-6-8-10-12-14-16-18-20-22-23-24-25-26-27-28-29-30-31-32-33-34-35-36-37-38-39-40-41-42-43-44-45-47-49-51-53-55-57-59-61-68(71)77-66(65-76-78(72,73)75-63-62-69(3,4)5)64-74-67(70)60-58-56-54-52-50-48-46-21-19-17-15-13-11-9-7-2/h8,10,14,16,20,22,24-25,27-28,30-31,33-34,36-37,39-40,66H,6-7,9,11-13,15,17-19,21,23,26,29,32,35,38,41-65H2,1-5H3/p+1/b10-8-,16-14-,22-20-,25-24-,28-27-,31-30-,34-33-,37-36-,40-39-. The SMILES string of the molecule is CC/C=C\C/C=C\C/C=C\C/C=C\C/C=C\C/C=C\C/C=C\C/C=C\C/C=C\CCCCCCCCCCCCCC(=O)OC(COC(=O)CCCCCCCCCCCCCCCCC)COP(=O)(O)OCC[N+](C)(C)C. The minimum atomic E-state index is -4.39. The predicted octanol–water partition coefficient (Wildman–Crippen LogP) is 20.2. The van der Waals surface area contributed by atoms with Crippen LogP contribution in [0.2, 0.25) is 0 Å². The van der Waals surface area contributed by atoms with Crippen LogP contribution in [-0.2, 0) is 32.7 Å². The van der Waals surface area contributed by atoms with Gasteiger partial charge in [-0.2, -0.15) is 0 Å². The monoisotopic (exact) mass is 1110 g/mol. The van der Waals surface area contributed by atoms with Crippen LogP contribution in [0.3, 0.4) is 0 Å². The molecule has 2 atom stereocenters. The number of allylic oxidation sites excluding steroid dienone is 18. The lowest BCUT2D eigenvalue weighted by Crippen LogP contribution is -2.37. The minimum Gasteiger partial charge on any atom is -0.462 e. The van der Waals surface area contributed by atoms with E-state index in [1.165, 1.54) is 122 Å². The zero-order valence-corrected chi connectivity index (χ0v) is 51.8. The second-order valence-electron chi connectivity index (χ2n) is 22.1. The van der Waals surface area contributed by atoms with Gasteiger partial charge in [-0.25, -0.2) is 4.57 Å². The summed E-state index contributed by atoms with van der Waals surface area (Å²) in [6.45, 7) is 4.33. The number of carbonyl (C=O) groups is 2. The van der Waals surface area contributed by atoms with Crippen LogP contribution in [0.4, 0.5) is 0 Å². The third kappa shape index (κ3) is 61.9. The third-order valence-corrected chi connectivity index (χ3v) is 14.3. The summed E-state index contributed by atoms with van der Waals surface area (Å²) in [4.78, 5) is 35.7. The van der Waals surface area contributed by atoms with Crippen molar-refractivity contribution in [3.05, 3.63) is 109 Å². The Bertz CT molecular complexity index is 1680. The minimum absolute atomic E-state index is 0.0286. The van der Waals surface area contributed by atoms with E-state index in [2.05, 4.69) is 123 Å². The molecule has 0 fully saturated rings. The molecule has 0 aromatic carbocycles. The van der Waals surface area contributed by atoms with Crippen LogP contribution in [0.1, 0.15) is 258 Å². The number of nitrogens with zero attached hydrogens (tertiary/aromatic N) is 1. The summed E-state index contributed by atoms with van der Waals surface area (Å²) < 4.78 is 34.6. The molecule has 0 aliphatic carbocycles. The topological polar surface area (TPSA) is 108 Å². The molecule has 0 amide bonds. The number of hydrogen-bond donors (Lipinski definition) is 1. The number of rotatable bonds is 57. The fraction of sp³-hybridized carbons (Fsp3) is 0.706. The number of likely N-dealkylation sites (N-methyl/N-ethyl adjacent to an activating group) is 1. The lowest BCUT2D eigenvalue weighted by Gasteiger charge is -2.24. The van der Waals surface area contributed by atoms with E-state index in [1.807, 2.05) is 21.1 Å². The molecule has 0 aromatic heterocycles. The Labute approximate surface area is 480 Å². The Hall–Kier alpha value is -3.33. The summed E-state index contributed by atoms with van der Waals surface area (Å²) in [5.41, 5.74) is 0. The molecule has 0 aliphatic heterocycles. The lowest BCUT2D eigenvalue weighted by molar-refractivity contribution is -0.870. The van der Waals surface area contributed by atoms with E-state index in [0.29, 0.717) is 17.4 Å². The van der Waals surface area contributed by atoms with Crippen LogP contribution in [-0.4, -0.2) is 74.9 Å². The molecule has 448 valence electrons. The van der Waals surface area contributed by atoms with Crippen LogP contribution in [0.15, 0.2) is 109 Å². The molecule has 0 saturated carbocycles. The number of ether oxygens (including phenoxy) is 2. The molecule has 0 radical (unpaired) electrons. The van der Waals surface area contributed by atoms with Crippen molar-refractivity contribution in [3.63, 3.8) is 0 Å². The first-order valence-corrected chi connectivity index (χ1v) is 33.1. The van der Waals surface area contributed by atoms with E-state index in [0.717, 1.165) is 103 Å². The molecule has 78 heavy (non-hydrogen) atoms. The van der Waals surface area contributed by atoms with Gasteiger partial charge in [-0.15, -0.1) is 0 Å². The van der Waals surface area contributed by atoms with E-state index in [4.69, 9.17) is 18.5 Å². The Morgan fingerprint density at radius 3 is 1.09 bits per heavy atom. The van der Waals surface area contributed by atoms with Crippen molar-refractivity contribution in [1.29, 1.82) is 0 Å². The average molecular weight is 1110 g/mol. The van der Waals surface area contributed by atoms with Gasteiger partial charge in [-0.1, -0.05) is 271 Å². The third-order valence-electron chi connectivity index (χ3n) is 13.3. The Balaban J connectivity index is 4.06. The van der Waals surface area contributed by atoms with Crippen LogP contribution in [0.25, 0.3) is 0 Å². The molecule has 9 nitrogen and oxygen atoms in total. The highest BCUT2D eigenvalue weighted by Gasteiger charge is 2.27. The van der Waals surface area contributed by atoms with E-state index in [1.54, 1.807) is 0 Å². The van der Waals surface area contributed by atoms with Gasteiger partial charge in [-0.05, 0) is 83.5 Å². The lowest BCUT2D eigenvalue weighted by atomic mass is 10.0. The number of phosphoric ester groups is 1. The van der Waals surface area contributed by atoms with E-state index in [9.17, 15) is 19.0 Å². The molecule has 0 saturated heterocycles. The maximum absolute atomic E-state index is 12.8. The first kappa shape index (κ1) is 74.7. The van der Waals surface area contributed by atoms with Crippen molar-refractivity contribution in [2.75, 3.05) is 47.5 Å². The van der Waals surface area contributed by atoms with Gasteiger partial charge in [0, 0.05) is 12.8 Å². The van der Waals surface area contributed by atoms with Gasteiger partial charge < -0.3 is 18.9 Å². The summed E-state index contributed by atoms with van der Waals surface area (Å²) in [5.74, 6) is -0.798. The summed E-state index contributed by atoms with van der Waals surface area (Å²) >= 11 is 0. The average Bonchev–Trinajstić information content (AvgIpc) is 3.41. The van der Waals surface area contributed by atoms with Gasteiger partial charge in [0.05, 0.1) is 27.7 Å². The Morgan fingerprint density at radius 1 is 0.410 bits per heavy atom. The summed E-state index contributed by atoms with van der Waals surface area (Å²) in [6.07, 6.45) is 81.7. The molecule has 10 heteroatoms. The van der Waals surface area contributed by atoms with Crippen molar-refractivity contribution in [1.82, 2.24) is 0 Å². The first-order valence-electron chi connectivity index (χ1n) is 31.6. The van der Waals surface area contributed by atoms with E-state index in [-0.39, 0.29) is 32.0 Å². The molecule has 0 spiro atoms. The molecule has 1 N–H and O–H groups in total. The van der Waals surface area contributed by atoms with Crippen molar-refractivity contribution < 1.29 is 42.1 Å². The molecular weight excluding hydrogens is 990 g/mol. The smallest absolute Gasteiger partial charge is 0.462 e. The van der Waals surface area contributed by atoms with Crippen LogP contribution in [0, 0.1) is 0 Å². The molecular formula is C68H119NO8P+. The predicted molar refractivity (Wildman–Crippen MR) is 335 cm³/mol. The largest absolute Gasteiger partial charge is 0.472 e. The zero-order chi connectivity index (χ0) is 57.0. The molecule has 0 aromatic rings.